The van der Waals surface area contributed by atoms with Crippen LogP contribution < -0.4 is 4.74 Å². The van der Waals surface area contributed by atoms with Crippen LogP contribution in [0.1, 0.15) is 36.0 Å². The molecule has 1 aromatic carbocycles. The third kappa shape index (κ3) is 3.26. The van der Waals surface area contributed by atoms with Crippen LogP contribution in [0.15, 0.2) is 12.1 Å². The summed E-state index contributed by atoms with van der Waals surface area (Å²) in [6, 6.07) is 4.67. The Kier molecular flexibility index (Phi) is 4.65. The fraction of sp³-hybridized carbons (Fsp3) is 0.625. The van der Waals surface area contributed by atoms with Crippen LogP contribution in [0.2, 0.25) is 0 Å². The molecule has 2 nitrogen and oxygen atoms in total. The lowest BCUT2D eigenvalue weighted by atomic mass is 9.89. The van der Waals surface area contributed by atoms with E-state index in [0.717, 1.165) is 18.7 Å². The lowest BCUT2D eigenvalue weighted by molar-refractivity contribution is 0.390. The van der Waals surface area contributed by atoms with Crippen LogP contribution in [0.5, 0.6) is 5.75 Å². The predicted molar refractivity (Wildman–Crippen MR) is 76.5 cm³/mol. The molecule has 0 atom stereocenters. The fourth-order valence-corrected chi connectivity index (χ4v) is 2.79. The van der Waals surface area contributed by atoms with E-state index in [2.05, 4.69) is 31.1 Å². The SMILES string of the molecule is COc1cc2c(cc1CCCN(C)C)CCCC2. The molecule has 0 bridgehead atoms. The van der Waals surface area contributed by atoms with Crippen LogP contribution in [0.3, 0.4) is 0 Å². The summed E-state index contributed by atoms with van der Waals surface area (Å²) in [5.74, 6) is 1.09. The minimum absolute atomic E-state index is 1.09. The summed E-state index contributed by atoms with van der Waals surface area (Å²) < 4.78 is 5.56. The molecule has 1 aliphatic rings. The summed E-state index contributed by atoms with van der Waals surface area (Å²) >= 11 is 0. The van der Waals surface area contributed by atoms with Gasteiger partial charge >= 0.3 is 0 Å². The second kappa shape index (κ2) is 6.24. The standard InChI is InChI=1S/C16H25NO/c1-17(2)10-6-9-15-11-13-7-4-5-8-14(13)12-16(15)18-3/h11-12H,4-10H2,1-3H3. The quantitative estimate of drug-likeness (QED) is 0.793. The first-order valence-corrected chi connectivity index (χ1v) is 7.04. The molecule has 2 rings (SSSR count). The second-order valence-corrected chi connectivity index (χ2v) is 5.55. The highest BCUT2D eigenvalue weighted by Gasteiger charge is 2.13. The van der Waals surface area contributed by atoms with Crippen LogP contribution in [0.25, 0.3) is 0 Å². The number of hydrogen-bond acceptors (Lipinski definition) is 2. The average molecular weight is 247 g/mol. The van der Waals surface area contributed by atoms with Crippen molar-refractivity contribution in [3.8, 4) is 5.75 Å². The molecule has 0 spiro atoms. The fourth-order valence-electron chi connectivity index (χ4n) is 2.79. The second-order valence-electron chi connectivity index (χ2n) is 5.55. The number of hydrogen-bond donors (Lipinski definition) is 0. The van der Waals surface area contributed by atoms with Crippen molar-refractivity contribution in [1.82, 2.24) is 4.90 Å². The van der Waals surface area contributed by atoms with Gasteiger partial charge < -0.3 is 9.64 Å². The Morgan fingerprint density at radius 2 is 1.78 bits per heavy atom. The summed E-state index contributed by atoms with van der Waals surface area (Å²) in [4.78, 5) is 2.24. The van der Waals surface area contributed by atoms with Gasteiger partial charge in [0.05, 0.1) is 7.11 Å². The number of nitrogens with zero attached hydrogens (tertiary/aromatic N) is 1. The average Bonchev–Trinajstić information content (AvgIpc) is 2.37. The number of rotatable bonds is 5. The summed E-state index contributed by atoms with van der Waals surface area (Å²) in [5, 5.41) is 0. The summed E-state index contributed by atoms with van der Waals surface area (Å²) in [5.41, 5.74) is 4.45. The van der Waals surface area contributed by atoms with Gasteiger partial charge in [-0.05, 0) is 81.9 Å². The van der Waals surface area contributed by atoms with Crippen LogP contribution in [0.4, 0.5) is 0 Å². The number of fused-ring (bicyclic) bond motifs is 1. The van der Waals surface area contributed by atoms with E-state index in [0.29, 0.717) is 0 Å². The Bertz CT molecular complexity index is 398. The largest absolute Gasteiger partial charge is 0.496 e. The summed E-state index contributed by atoms with van der Waals surface area (Å²) in [6.45, 7) is 1.14. The highest BCUT2D eigenvalue weighted by Crippen LogP contribution is 2.29. The highest BCUT2D eigenvalue weighted by atomic mass is 16.5. The Balaban J connectivity index is 2.12. The van der Waals surface area contributed by atoms with Gasteiger partial charge in [0.25, 0.3) is 0 Å². The van der Waals surface area contributed by atoms with E-state index in [1.54, 1.807) is 12.7 Å². The molecule has 18 heavy (non-hydrogen) atoms. The van der Waals surface area contributed by atoms with Gasteiger partial charge in [-0.15, -0.1) is 0 Å². The van der Waals surface area contributed by atoms with Crippen molar-refractivity contribution < 1.29 is 4.74 Å². The topological polar surface area (TPSA) is 12.5 Å². The van der Waals surface area contributed by atoms with Gasteiger partial charge in [-0.3, -0.25) is 0 Å². The Morgan fingerprint density at radius 3 is 2.39 bits per heavy atom. The molecular formula is C16H25NO. The number of ether oxygens (including phenoxy) is 1. The van der Waals surface area contributed by atoms with E-state index >= 15 is 0 Å². The van der Waals surface area contributed by atoms with Gasteiger partial charge in [0, 0.05) is 0 Å². The van der Waals surface area contributed by atoms with Gasteiger partial charge in [0.1, 0.15) is 5.75 Å². The van der Waals surface area contributed by atoms with E-state index in [1.165, 1.54) is 43.2 Å². The van der Waals surface area contributed by atoms with Crippen molar-refractivity contribution in [1.29, 1.82) is 0 Å². The molecule has 2 heteroatoms. The maximum absolute atomic E-state index is 5.56. The predicted octanol–water partition coefficient (Wildman–Crippen LogP) is 3.07. The number of methoxy groups -OCH3 is 1. The minimum atomic E-state index is 1.09. The molecule has 0 aromatic heterocycles. The zero-order valence-electron chi connectivity index (χ0n) is 12.0. The Morgan fingerprint density at radius 1 is 1.11 bits per heavy atom. The van der Waals surface area contributed by atoms with Crippen molar-refractivity contribution in [2.45, 2.75) is 38.5 Å². The van der Waals surface area contributed by atoms with Crippen LogP contribution in [-0.2, 0) is 19.3 Å². The van der Waals surface area contributed by atoms with Gasteiger partial charge in [-0.2, -0.15) is 0 Å². The Labute approximate surface area is 111 Å². The van der Waals surface area contributed by atoms with E-state index in [9.17, 15) is 0 Å². The highest BCUT2D eigenvalue weighted by molar-refractivity contribution is 5.44. The van der Waals surface area contributed by atoms with Crippen molar-refractivity contribution in [2.24, 2.45) is 0 Å². The first-order chi connectivity index (χ1) is 8.70. The molecule has 0 fully saturated rings. The first-order valence-electron chi connectivity index (χ1n) is 7.04. The van der Waals surface area contributed by atoms with E-state index < -0.39 is 0 Å². The van der Waals surface area contributed by atoms with Crippen LogP contribution in [-0.4, -0.2) is 32.6 Å². The van der Waals surface area contributed by atoms with Gasteiger partial charge in [-0.25, -0.2) is 0 Å². The zero-order valence-corrected chi connectivity index (χ0v) is 12.0. The molecule has 0 saturated carbocycles. The van der Waals surface area contributed by atoms with E-state index in [1.807, 2.05) is 0 Å². The third-order valence-electron chi connectivity index (χ3n) is 3.80. The normalized spacial score (nSPS) is 14.7. The molecule has 1 aromatic rings. The molecule has 0 N–H and O–H groups in total. The van der Waals surface area contributed by atoms with Gasteiger partial charge in [0.2, 0.25) is 0 Å². The minimum Gasteiger partial charge on any atom is -0.496 e. The van der Waals surface area contributed by atoms with E-state index in [-0.39, 0.29) is 0 Å². The van der Waals surface area contributed by atoms with Gasteiger partial charge in [0.15, 0.2) is 0 Å². The maximum atomic E-state index is 5.56. The number of benzene rings is 1. The molecule has 0 unspecified atom stereocenters. The maximum Gasteiger partial charge on any atom is 0.122 e. The molecule has 100 valence electrons. The van der Waals surface area contributed by atoms with Crippen LogP contribution >= 0.6 is 0 Å². The van der Waals surface area contributed by atoms with Crippen molar-refractivity contribution in [3.63, 3.8) is 0 Å². The molecule has 0 saturated heterocycles. The third-order valence-corrected chi connectivity index (χ3v) is 3.80. The van der Waals surface area contributed by atoms with Crippen molar-refractivity contribution in [3.05, 3.63) is 28.8 Å². The van der Waals surface area contributed by atoms with Crippen molar-refractivity contribution >= 4 is 0 Å². The zero-order chi connectivity index (χ0) is 13.0. The molecule has 0 radical (unpaired) electrons. The molecular weight excluding hydrogens is 222 g/mol. The molecule has 0 amide bonds. The lowest BCUT2D eigenvalue weighted by Gasteiger charge is -2.19. The monoisotopic (exact) mass is 247 g/mol. The lowest BCUT2D eigenvalue weighted by Crippen LogP contribution is -2.14. The van der Waals surface area contributed by atoms with Crippen LogP contribution in [0, 0.1) is 0 Å². The molecule has 1 aliphatic carbocycles. The molecule has 0 heterocycles. The number of aryl methyl sites for hydroxylation is 3. The van der Waals surface area contributed by atoms with E-state index in [4.69, 9.17) is 4.74 Å². The van der Waals surface area contributed by atoms with Crippen molar-refractivity contribution in [2.75, 3.05) is 27.7 Å². The summed E-state index contributed by atoms with van der Waals surface area (Å²) in [6.07, 6.45) is 7.47. The van der Waals surface area contributed by atoms with Gasteiger partial charge in [-0.1, -0.05) is 6.07 Å². The summed E-state index contributed by atoms with van der Waals surface area (Å²) in [7, 11) is 6.05. The molecule has 0 aliphatic heterocycles. The smallest absolute Gasteiger partial charge is 0.122 e. The Hall–Kier alpha value is -1.02. The first kappa shape index (κ1) is 13.4.